The number of alkyl carbamates (subject to hydrolysis) is 1. The van der Waals surface area contributed by atoms with Gasteiger partial charge in [-0.2, -0.15) is 0 Å². The summed E-state index contributed by atoms with van der Waals surface area (Å²) < 4.78 is 51.6. The molecule has 1 aromatic heterocycles. The van der Waals surface area contributed by atoms with Crippen LogP contribution in [-0.4, -0.2) is 37.4 Å². The summed E-state index contributed by atoms with van der Waals surface area (Å²) in [5, 5.41) is 2.90. The van der Waals surface area contributed by atoms with Crippen LogP contribution >= 0.6 is 0 Å². The summed E-state index contributed by atoms with van der Waals surface area (Å²) in [7, 11) is 0. The van der Waals surface area contributed by atoms with Gasteiger partial charge in [-0.05, 0) is 48.4 Å². The maximum absolute atomic E-state index is 14.2. The summed E-state index contributed by atoms with van der Waals surface area (Å²) in [6.45, 7) is 3.10. The van der Waals surface area contributed by atoms with Gasteiger partial charge in [-0.3, -0.25) is 0 Å². The van der Waals surface area contributed by atoms with E-state index in [0.717, 1.165) is 6.07 Å². The van der Waals surface area contributed by atoms with Crippen LogP contribution in [0.4, 0.5) is 18.0 Å². The van der Waals surface area contributed by atoms with Crippen molar-refractivity contribution in [1.82, 2.24) is 10.3 Å². The van der Waals surface area contributed by atoms with E-state index in [2.05, 4.69) is 10.3 Å². The summed E-state index contributed by atoms with van der Waals surface area (Å²) in [6.07, 6.45) is -0.390. The third kappa shape index (κ3) is 5.08. The van der Waals surface area contributed by atoms with Crippen LogP contribution in [0.25, 0.3) is 22.2 Å². The number of carbonyl (C=O) groups is 1. The molecule has 0 fully saturated rings. The third-order valence-electron chi connectivity index (χ3n) is 4.37. The van der Waals surface area contributed by atoms with Crippen LogP contribution in [0.3, 0.4) is 0 Å². The van der Waals surface area contributed by atoms with E-state index in [4.69, 9.17) is 9.47 Å². The quantitative estimate of drug-likeness (QED) is 0.539. The van der Waals surface area contributed by atoms with Crippen LogP contribution in [0.2, 0.25) is 0 Å². The highest BCUT2D eigenvalue weighted by atomic mass is 19.1. The number of carbonyl (C=O) groups excluding carboxylic acids is 1. The molecule has 0 saturated heterocycles. The van der Waals surface area contributed by atoms with Crippen LogP contribution in [0, 0.1) is 17.5 Å². The molecule has 1 amide bonds. The van der Waals surface area contributed by atoms with Gasteiger partial charge in [-0.1, -0.05) is 0 Å². The minimum absolute atomic E-state index is 0.000249. The van der Waals surface area contributed by atoms with Gasteiger partial charge in [0.15, 0.2) is 0 Å². The predicted octanol–water partition coefficient (Wildman–Crippen LogP) is 4.56. The maximum Gasteiger partial charge on any atom is 0.407 e. The Balaban J connectivity index is 1.80. The van der Waals surface area contributed by atoms with Crippen LogP contribution in [0.5, 0.6) is 0 Å². The van der Waals surface area contributed by atoms with Crippen molar-refractivity contribution in [2.45, 2.75) is 13.3 Å². The molecule has 0 aliphatic carbocycles. The Hall–Kier alpha value is -3.00. The minimum atomic E-state index is -0.732. The van der Waals surface area contributed by atoms with Crippen molar-refractivity contribution in [2.24, 2.45) is 0 Å². The van der Waals surface area contributed by atoms with Crippen molar-refractivity contribution in [3.63, 3.8) is 0 Å². The van der Waals surface area contributed by atoms with E-state index >= 15 is 0 Å². The average molecular weight is 406 g/mol. The van der Waals surface area contributed by atoms with Crippen LogP contribution in [-0.2, 0) is 15.9 Å². The lowest BCUT2D eigenvalue weighted by atomic mass is 10.0. The zero-order valence-electron chi connectivity index (χ0n) is 15.9. The molecule has 0 saturated carbocycles. The second-order valence-corrected chi connectivity index (χ2v) is 6.31. The average Bonchev–Trinajstić information content (AvgIpc) is 3.05. The Morgan fingerprint density at radius 2 is 1.83 bits per heavy atom. The van der Waals surface area contributed by atoms with E-state index in [1.807, 2.05) is 6.92 Å². The lowest BCUT2D eigenvalue weighted by Gasteiger charge is -2.08. The van der Waals surface area contributed by atoms with Crippen molar-refractivity contribution >= 4 is 17.0 Å². The number of benzene rings is 2. The summed E-state index contributed by atoms with van der Waals surface area (Å²) in [4.78, 5) is 14.7. The molecule has 1 heterocycles. The highest BCUT2D eigenvalue weighted by Crippen LogP contribution is 2.32. The smallest absolute Gasteiger partial charge is 0.407 e. The van der Waals surface area contributed by atoms with E-state index in [9.17, 15) is 18.0 Å². The second-order valence-electron chi connectivity index (χ2n) is 6.31. The van der Waals surface area contributed by atoms with Gasteiger partial charge in [0.05, 0.1) is 18.7 Å². The number of ether oxygens (including phenoxy) is 2. The van der Waals surface area contributed by atoms with Crippen molar-refractivity contribution in [2.75, 3.05) is 26.4 Å². The minimum Gasteiger partial charge on any atom is -0.449 e. The van der Waals surface area contributed by atoms with Gasteiger partial charge in [0.2, 0.25) is 0 Å². The number of aromatic nitrogens is 1. The molecule has 3 rings (SSSR count). The first-order valence-corrected chi connectivity index (χ1v) is 9.23. The molecule has 0 aliphatic heterocycles. The Bertz CT molecular complexity index is 987. The van der Waals surface area contributed by atoms with E-state index < -0.39 is 23.5 Å². The molecular weight excluding hydrogens is 385 g/mol. The molecular formula is C21H21F3N2O3. The molecule has 5 nitrogen and oxygen atoms in total. The van der Waals surface area contributed by atoms with E-state index in [1.54, 1.807) is 12.1 Å². The Kier molecular flexibility index (Phi) is 6.77. The standard InChI is InChI=1S/C21H21F3N2O3/c1-2-28-10-8-25-21(27)29-9-7-16-17-11-15(23)12-18(24)20(17)26-19(16)13-3-5-14(22)6-4-13/h3-6,11-12,26H,2,7-10H2,1H3,(H,25,27). The fraction of sp³-hybridized carbons (Fsp3) is 0.286. The van der Waals surface area contributed by atoms with E-state index in [-0.39, 0.29) is 18.5 Å². The fourth-order valence-electron chi connectivity index (χ4n) is 3.06. The van der Waals surface area contributed by atoms with E-state index in [0.29, 0.717) is 42.0 Å². The van der Waals surface area contributed by atoms with Crippen molar-refractivity contribution in [3.8, 4) is 11.3 Å². The molecule has 8 heteroatoms. The van der Waals surface area contributed by atoms with Gasteiger partial charge >= 0.3 is 6.09 Å². The van der Waals surface area contributed by atoms with Gasteiger partial charge in [0, 0.05) is 36.7 Å². The Morgan fingerprint density at radius 3 is 2.55 bits per heavy atom. The predicted molar refractivity (Wildman–Crippen MR) is 103 cm³/mol. The van der Waals surface area contributed by atoms with Gasteiger partial charge < -0.3 is 19.8 Å². The largest absolute Gasteiger partial charge is 0.449 e. The maximum atomic E-state index is 14.2. The fourth-order valence-corrected chi connectivity index (χ4v) is 3.06. The molecule has 0 unspecified atom stereocenters. The normalized spacial score (nSPS) is 11.0. The lowest BCUT2D eigenvalue weighted by molar-refractivity contribution is 0.129. The molecule has 0 spiro atoms. The Morgan fingerprint density at radius 1 is 1.07 bits per heavy atom. The van der Waals surface area contributed by atoms with Crippen molar-refractivity contribution in [3.05, 3.63) is 59.4 Å². The second kappa shape index (κ2) is 9.47. The van der Waals surface area contributed by atoms with Crippen LogP contribution in [0.1, 0.15) is 12.5 Å². The topological polar surface area (TPSA) is 63.4 Å². The SMILES string of the molecule is CCOCCNC(=O)OCCc1c(-c2ccc(F)cc2)[nH]c2c(F)cc(F)cc12. The number of amides is 1. The van der Waals surface area contributed by atoms with Crippen LogP contribution in [0.15, 0.2) is 36.4 Å². The highest BCUT2D eigenvalue weighted by molar-refractivity contribution is 5.91. The van der Waals surface area contributed by atoms with Gasteiger partial charge in [-0.15, -0.1) is 0 Å². The molecule has 2 N–H and O–H groups in total. The molecule has 29 heavy (non-hydrogen) atoms. The van der Waals surface area contributed by atoms with Gasteiger partial charge in [-0.25, -0.2) is 18.0 Å². The van der Waals surface area contributed by atoms with Crippen LogP contribution < -0.4 is 5.32 Å². The first-order chi connectivity index (χ1) is 14.0. The van der Waals surface area contributed by atoms with Gasteiger partial charge in [0.25, 0.3) is 0 Å². The molecule has 0 aliphatic rings. The molecule has 0 radical (unpaired) electrons. The number of rotatable bonds is 8. The Labute approximate surface area is 165 Å². The molecule has 3 aromatic rings. The number of fused-ring (bicyclic) bond motifs is 1. The number of nitrogens with one attached hydrogen (secondary N) is 2. The first-order valence-electron chi connectivity index (χ1n) is 9.23. The third-order valence-corrected chi connectivity index (χ3v) is 4.37. The zero-order valence-corrected chi connectivity index (χ0v) is 15.9. The molecule has 154 valence electrons. The van der Waals surface area contributed by atoms with E-state index in [1.165, 1.54) is 18.2 Å². The van der Waals surface area contributed by atoms with Crippen molar-refractivity contribution < 1.29 is 27.4 Å². The summed E-state index contributed by atoms with van der Waals surface area (Å²) in [5.74, 6) is -1.85. The summed E-state index contributed by atoms with van der Waals surface area (Å²) in [5.41, 5.74) is 1.84. The number of halogens is 3. The van der Waals surface area contributed by atoms with Gasteiger partial charge in [0.1, 0.15) is 17.5 Å². The first kappa shape index (κ1) is 20.7. The number of hydrogen-bond donors (Lipinski definition) is 2. The highest BCUT2D eigenvalue weighted by Gasteiger charge is 2.17. The molecule has 2 aromatic carbocycles. The number of aromatic amines is 1. The number of H-pyrrole nitrogens is 1. The zero-order chi connectivity index (χ0) is 20.8. The number of hydrogen-bond acceptors (Lipinski definition) is 3. The molecule has 0 atom stereocenters. The van der Waals surface area contributed by atoms with Crippen molar-refractivity contribution in [1.29, 1.82) is 0 Å². The lowest BCUT2D eigenvalue weighted by Crippen LogP contribution is -2.28. The summed E-state index contributed by atoms with van der Waals surface area (Å²) >= 11 is 0. The summed E-state index contributed by atoms with van der Waals surface area (Å²) in [6, 6.07) is 7.66. The molecule has 0 bridgehead atoms. The monoisotopic (exact) mass is 406 g/mol.